The third-order valence-corrected chi connectivity index (χ3v) is 7.29. The van der Waals surface area contributed by atoms with Crippen molar-refractivity contribution >= 4 is 33.4 Å². The molecule has 1 aliphatic carbocycles. The van der Waals surface area contributed by atoms with E-state index in [-0.39, 0.29) is 42.5 Å². The highest BCUT2D eigenvalue weighted by molar-refractivity contribution is 9.10. The molecular weight excluding hydrogens is 528 g/mol. The number of β-amino-alcohol motifs (C(OH)–C–C–N with tert-alkyl or cyclic N) is 1. The van der Waals surface area contributed by atoms with Crippen molar-refractivity contribution in [3.05, 3.63) is 77.7 Å². The highest BCUT2D eigenvalue weighted by Gasteiger charge is 2.47. The van der Waals surface area contributed by atoms with Crippen LogP contribution in [0.15, 0.2) is 44.7 Å². The molecule has 2 aliphatic rings. The van der Waals surface area contributed by atoms with Crippen molar-refractivity contribution in [1.82, 2.24) is 29.4 Å². The molecule has 2 aromatic heterocycles. The molecule has 3 heterocycles. The van der Waals surface area contributed by atoms with Gasteiger partial charge in [0.05, 0.1) is 29.8 Å². The van der Waals surface area contributed by atoms with Crippen molar-refractivity contribution in [3.8, 4) is 0 Å². The van der Waals surface area contributed by atoms with Crippen molar-refractivity contribution in [2.24, 2.45) is 0 Å². The van der Waals surface area contributed by atoms with Crippen molar-refractivity contribution in [3.63, 3.8) is 0 Å². The molecule has 1 aromatic carbocycles. The third-order valence-electron chi connectivity index (χ3n) is 6.49. The molecule has 0 bridgehead atoms. The molecular formula is C22H22BrClN6O4. The van der Waals surface area contributed by atoms with Gasteiger partial charge in [-0.15, -0.1) is 5.10 Å². The minimum absolute atomic E-state index is 0.0000567. The molecule has 1 aliphatic heterocycles. The molecule has 0 saturated carbocycles. The molecule has 12 heteroatoms. The van der Waals surface area contributed by atoms with Crippen LogP contribution in [-0.4, -0.2) is 53.5 Å². The highest BCUT2D eigenvalue weighted by Crippen LogP contribution is 2.36. The van der Waals surface area contributed by atoms with E-state index in [0.29, 0.717) is 10.7 Å². The van der Waals surface area contributed by atoms with Crippen molar-refractivity contribution in [1.29, 1.82) is 0 Å². The summed E-state index contributed by atoms with van der Waals surface area (Å²) in [6, 6.07) is 5.90. The first-order chi connectivity index (χ1) is 16.2. The van der Waals surface area contributed by atoms with Crippen molar-refractivity contribution < 1.29 is 9.90 Å². The third kappa shape index (κ3) is 4.23. The summed E-state index contributed by atoms with van der Waals surface area (Å²) < 4.78 is 3.24. The second kappa shape index (κ2) is 8.79. The lowest BCUT2D eigenvalue weighted by atomic mass is 9.87. The van der Waals surface area contributed by atoms with Crippen molar-refractivity contribution in [2.75, 3.05) is 13.1 Å². The van der Waals surface area contributed by atoms with E-state index in [0.717, 1.165) is 24.8 Å². The lowest BCUT2D eigenvalue weighted by Gasteiger charge is -2.45. The lowest BCUT2D eigenvalue weighted by molar-refractivity contribution is -0.158. The molecule has 1 saturated heterocycles. The smallest absolute Gasteiger partial charge is 0.328 e. The highest BCUT2D eigenvalue weighted by atomic mass is 79.9. The van der Waals surface area contributed by atoms with Crippen LogP contribution in [0.2, 0.25) is 5.02 Å². The van der Waals surface area contributed by atoms with Gasteiger partial charge in [-0.25, -0.2) is 9.48 Å². The molecule has 1 amide bonds. The largest absolute Gasteiger partial charge is 0.380 e. The van der Waals surface area contributed by atoms with Gasteiger partial charge in [-0.3, -0.25) is 19.1 Å². The van der Waals surface area contributed by atoms with E-state index in [1.807, 2.05) is 18.2 Å². The Morgan fingerprint density at radius 3 is 2.88 bits per heavy atom. The molecule has 178 valence electrons. The second-order valence-electron chi connectivity index (χ2n) is 8.80. The fourth-order valence-electron chi connectivity index (χ4n) is 4.61. The number of aryl methyl sites for hydroxylation is 2. The van der Waals surface area contributed by atoms with Crippen LogP contribution < -0.4 is 11.2 Å². The fraction of sp³-hybridized carbons (Fsp3) is 0.409. The number of nitrogens with one attached hydrogen (secondary N) is 1. The monoisotopic (exact) mass is 548 g/mol. The SMILES string of the molecule is O=C(CCn1cc(Br)c(=O)[nH]c1=O)N1CC(O)(c2cn([C@@H]3CCCc4ccc(Cl)cc43)nn2)C1. The molecule has 1 atom stereocenters. The fourth-order valence-corrected chi connectivity index (χ4v) is 5.14. The topological polar surface area (TPSA) is 126 Å². The number of hydrogen-bond acceptors (Lipinski definition) is 6. The van der Waals surface area contributed by atoms with Crippen LogP contribution >= 0.6 is 27.5 Å². The summed E-state index contributed by atoms with van der Waals surface area (Å²) >= 11 is 9.28. The van der Waals surface area contributed by atoms with Crippen LogP contribution in [0.1, 0.15) is 42.1 Å². The zero-order chi connectivity index (χ0) is 24.0. The second-order valence-corrected chi connectivity index (χ2v) is 10.1. The zero-order valence-electron chi connectivity index (χ0n) is 18.1. The normalized spacial score (nSPS) is 18.9. The maximum absolute atomic E-state index is 12.6. The summed E-state index contributed by atoms with van der Waals surface area (Å²) in [7, 11) is 0. The van der Waals surface area contributed by atoms with Crippen molar-refractivity contribution in [2.45, 2.75) is 43.9 Å². The van der Waals surface area contributed by atoms with Crippen LogP contribution in [0.5, 0.6) is 0 Å². The predicted octanol–water partition coefficient (Wildman–Crippen LogP) is 1.59. The van der Waals surface area contributed by atoms with Gasteiger partial charge in [0.25, 0.3) is 5.56 Å². The number of halogens is 2. The summed E-state index contributed by atoms with van der Waals surface area (Å²) in [5.74, 6) is -0.206. The van der Waals surface area contributed by atoms with Gasteiger partial charge in [0.15, 0.2) is 0 Å². The molecule has 3 aromatic rings. The number of hydrogen-bond donors (Lipinski definition) is 2. The minimum Gasteiger partial charge on any atom is -0.380 e. The van der Waals surface area contributed by atoms with Crippen LogP contribution in [0, 0.1) is 0 Å². The molecule has 5 rings (SSSR count). The minimum atomic E-state index is -1.27. The molecule has 0 spiro atoms. The Labute approximate surface area is 207 Å². The van der Waals surface area contributed by atoms with E-state index in [1.54, 1.807) is 10.9 Å². The summed E-state index contributed by atoms with van der Waals surface area (Å²) in [6.07, 6.45) is 6.08. The number of H-pyrrole nitrogens is 1. The summed E-state index contributed by atoms with van der Waals surface area (Å²) in [5.41, 5.74) is 0.419. The Kier molecular flexibility index (Phi) is 5.95. The van der Waals surface area contributed by atoms with Gasteiger partial charge < -0.3 is 10.0 Å². The van der Waals surface area contributed by atoms with Crippen LogP contribution in [0.4, 0.5) is 0 Å². The Morgan fingerprint density at radius 1 is 1.29 bits per heavy atom. The number of benzene rings is 1. The van der Waals surface area contributed by atoms with Gasteiger partial charge in [0.2, 0.25) is 5.91 Å². The Hall–Kier alpha value is -2.76. The quantitative estimate of drug-likeness (QED) is 0.498. The van der Waals surface area contributed by atoms with Gasteiger partial charge in [-0.1, -0.05) is 22.9 Å². The van der Waals surface area contributed by atoms with E-state index in [4.69, 9.17) is 11.6 Å². The van der Waals surface area contributed by atoms with Gasteiger partial charge in [0.1, 0.15) is 11.3 Å². The number of aromatic amines is 1. The molecule has 0 unspecified atom stereocenters. The number of carbonyl (C=O) groups is 1. The van der Waals surface area contributed by atoms with E-state index < -0.39 is 16.9 Å². The van der Waals surface area contributed by atoms with Crippen LogP contribution in [-0.2, 0) is 23.4 Å². The maximum Gasteiger partial charge on any atom is 0.328 e. The number of aliphatic hydroxyl groups is 1. The molecule has 2 N–H and O–H groups in total. The van der Waals surface area contributed by atoms with Crippen LogP contribution in [0.25, 0.3) is 0 Å². The number of amides is 1. The maximum atomic E-state index is 12.6. The molecule has 10 nitrogen and oxygen atoms in total. The van der Waals surface area contributed by atoms with Gasteiger partial charge in [-0.05, 0) is 58.5 Å². The Morgan fingerprint density at radius 2 is 2.09 bits per heavy atom. The predicted molar refractivity (Wildman–Crippen MR) is 127 cm³/mol. The van der Waals surface area contributed by atoms with E-state index in [1.165, 1.54) is 21.2 Å². The summed E-state index contributed by atoms with van der Waals surface area (Å²) in [5, 5.41) is 20.2. The molecule has 0 radical (unpaired) electrons. The first-order valence-electron chi connectivity index (χ1n) is 10.9. The number of rotatable bonds is 5. The Bertz CT molecular complexity index is 1380. The van der Waals surface area contributed by atoms with E-state index in [9.17, 15) is 19.5 Å². The van der Waals surface area contributed by atoms with Crippen LogP contribution in [0.3, 0.4) is 0 Å². The number of carbonyl (C=O) groups excluding carboxylic acids is 1. The average molecular weight is 550 g/mol. The number of likely N-dealkylation sites (tertiary alicyclic amines) is 1. The van der Waals surface area contributed by atoms with Gasteiger partial charge in [0, 0.05) is 24.2 Å². The summed E-state index contributed by atoms with van der Waals surface area (Å²) in [4.78, 5) is 39.6. The average Bonchev–Trinajstić information content (AvgIpc) is 3.28. The first-order valence-corrected chi connectivity index (χ1v) is 12.1. The van der Waals surface area contributed by atoms with Gasteiger partial charge >= 0.3 is 5.69 Å². The van der Waals surface area contributed by atoms with E-state index in [2.05, 4.69) is 31.2 Å². The summed E-state index contributed by atoms with van der Waals surface area (Å²) in [6.45, 7) is 0.311. The lowest BCUT2D eigenvalue weighted by Crippen LogP contribution is -2.61. The van der Waals surface area contributed by atoms with Gasteiger partial charge in [-0.2, -0.15) is 0 Å². The standard InChI is InChI=1S/C22H22BrClN6O4/c23-16-9-28(21(33)25-20(16)32)7-6-19(31)29-11-22(34,12-29)18-10-30(27-26-18)17-3-1-2-13-4-5-14(24)8-15(13)17/h4-5,8-10,17,34H,1-3,6-7,11-12H2,(H,25,32,33)/t17-/m1/s1. The Balaban J connectivity index is 1.24. The molecule has 34 heavy (non-hydrogen) atoms. The number of aromatic nitrogens is 5. The number of fused-ring (bicyclic) bond motifs is 1. The van der Waals surface area contributed by atoms with E-state index >= 15 is 0 Å². The first kappa shape index (κ1) is 23.0. The zero-order valence-corrected chi connectivity index (χ0v) is 20.4. The number of nitrogens with zero attached hydrogens (tertiary/aromatic N) is 5. The molecule has 1 fully saturated rings.